The summed E-state index contributed by atoms with van der Waals surface area (Å²) in [4.78, 5) is 16.6. The molecule has 1 aliphatic carbocycles. The third-order valence-electron chi connectivity index (χ3n) is 4.47. The van der Waals surface area contributed by atoms with Gasteiger partial charge in [-0.2, -0.15) is 4.98 Å². The van der Waals surface area contributed by atoms with Crippen molar-refractivity contribution in [1.29, 1.82) is 0 Å². The van der Waals surface area contributed by atoms with Gasteiger partial charge in [-0.25, -0.2) is 5.10 Å². The highest BCUT2D eigenvalue weighted by Crippen LogP contribution is 2.31. The predicted molar refractivity (Wildman–Crippen MR) is 108 cm³/mol. The van der Waals surface area contributed by atoms with E-state index in [-0.39, 0.29) is 11.7 Å². The Kier molecular flexibility index (Phi) is 5.34. The molecular formula is C21H20N4OS. The van der Waals surface area contributed by atoms with Crippen molar-refractivity contribution in [2.24, 2.45) is 0 Å². The summed E-state index contributed by atoms with van der Waals surface area (Å²) < 4.78 is 0. The highest BCUT2D eigenvalue weighted by Gasteiger charge is 2.22. The lowest BCUT2D eigenvalue weighted by atomic mass is 9.85. The van der Waals surface area contributed by atoms with Gasteiger partial charge in [-0.15, -0.1) is 5.10 Å². The van der Waals surface area contributed by atoms with Gasteiger partial charge in [0.2, 0.25) is 11.1 Å². The van der Waals surface area contributed by atoms with Gasteiger partial charge in [0.15, 0.2) is 5.78 Å². The van der Waals surface area contributed by atoms with Gasteiger partial charge in [0.05, 0.1) is 0 Å². The number of nitrogens with one attached hydrogen (secondary N) is 2. The van der Waals surface area contributed by atoms with Crippen LogP contribution in [0.2, 0.25) is 0 Å². The lowest BCUT2D eigenvalue weighted by Crippen LogP contribution is -2.17. The molecule has 0 saturated heterocycles. The molecule has 0 radical (unpaired) electrons. The number of H-pyrrole nitrogens is 1. The topological polar surface area (TPSA) is 70.7 Å². The van der Waals surface area contributed by atoms with Crippen molar-refractivity contribution in [1.82, 2.24) is 15.2 Å². The summed E-state index contributed by atoms with van der Waals surface area (Å²) in [5, 5.41) is 11.1. The zero-order valence-electron chi connectivity index (χ0n) is 14.8. The third kappa shape index (κ3) is 4.65. The molecule has 0 spiro atoms. The molecule has 0 bridgehead atoms. The first-order valence-electron chi connectivity index (χ1n) is 8.91. The molecule has 1 aromatic heterocycles. The Morgan fingerprint density at radius 2 is 1.78 bits per heavy atom. The molecule has 0 fully saturated rings. The van der Waals surface area contributed by atoms with E-state index in [0.717, 1.165) is 17.9 Å². The monoisotopic (exact) mass is 376 g/mol. The fourth-order valence-corrected chi connectivity index (χ4v) is 3.94. The summed E-state index contributed by atoms with van der Waals surface area (Å²) in [7, 11) is 0. The molecule has 3 aromatic rings. The Bertz CT molecular complexity index is 937. The van der Waals surface area contributed by atoms with Gasteiger partial charge in [-0.1, -0.05) is 72.4 Å². The van der Waals surface area contributed by atoms with E-state index in [4.69, 9.17) is 0 Å². The van der Waals surface area contributed by atoms with Crippen molar-refractivity contribution in [3.63, 3.8) is 0 Å². The molecule has 2 aromatic carbocycles. The first kappa shape index (κ1) is 17.5. The Balaban J connectivity index is 1.39. The van der Waals surface area contributed by atoms with Crippen LogP contribution in [0.4, 0.5) is 5.95 Å². The molecule has 1 heterocycles. The molecule has 0 saturated carbocycles. The molecule has 27 heavy (non-hydrogen) atoms. The molecule has 0 aliphatic heterocycles. The van der Waals surface area contributed by atoms with Crippen LogP contribution in [-0.4, -0.2) is 21.0 Å². The van der Waals surface area contributed by atoms with Crippen LogP contribution in [0.1, 0.15) is 29.9 Å². The normalized spacial score (nSPS) is 16.8. The molecule has 2 N–H and O–H groups in total. The van der Waals surface area contributed by atoms with Crippen molar-refractivity contribution in [2.75, 3.05) is 5.32 Å². The van der Waals surface area contributed by atoms with Gasteiger partial charge in [0.1, 0.15) is 0 Å². The summed E-state index contributed by atoms with van der Waals surface area (Å²) in [6, 6.07) is 20.4. The van der Waals surface area contributed by atoms with Gasteiger partial charge >= 0.3 is 0 Å². The van der Waals surface area contributed by atoms with Crippen LogP contribution < -0.4 is 5.32 Å². The molecule has 136 valence electrons. The number of benzene rings is 2. The lowest BCUT2D eigenvalue weighted by molar-refractivity contribution is -0.115. The average Bonchev–Trinajstić information content (AvgIpc) is 3.15. The highest BCUT2D eigenvalue weighted by molar-refractivity contribution is 7.98. The summed E-state index contributed by atoms with van der Waals surface area (Å²) in [5.74, 6) is 1.71. The number of ketones is 1. The number of hydrogen-bond acceptors (Lipinski definition) is 5. The highest BCUT2D eigenvalue weighted by atomic mass is 32.2. The first-order valence-corrected chi connectivity index (χ1v) is 9.89. The number of rotatable bonds is 6. The standard InChI is InChI=1S/C21H20N4OS/c26-19-12-17(16-9-5-2-6-10-16)11-18(13-19)22-20-23-21(25-24-20)27-14-15-7-3-1-4-8-15/h1-10,13,17H,11-12,14H2,(H2,22,23,24,25)/t17-/m1/s1. The van der Waals surface area contributed by atoms with Gasteiger partial charge in [-0.3, -0.25) is 4.79 Å². The van der Waals surface area contributed by atoms with Gasteiger partial charge in [-0.05, 0) is 23.5 Å². The lowest BCUT2D eigenvalue weighted by Gasteiger charge is -2.22. The largest absolute Gasteiger partial charge is 0.328 e. The number of aromatic amines is 1. The van der Waals surface area contributed by atoms with Crippen molar-refractivity contribution >= 4 is 23.5 Å². The van der Waals surface area contributed by atoms with Crippen LogP contribution in [0.15, 0.2) is 77.6 Å². The second-order valence-corrected chi connectivity index (χ2v) is 7.46. The molecular weight excluding hydrogens is 356 g/mol. The molecule has 4 rings (SSSR count). The SMILES string of the molecule is O=C1C=C(Nc2nc(SCc3ccccc3)n[nH]2)C[C@@H](c2ccccc2)C1. The van der Waals surface area contributed by atoms with Crippen LogP contribution in [-0.2, 0) is 10.5 Å². The van der Waals surface area contributed by atoms with Gasteiger partial charge in [0.25, 0.3) is 0 Å². The summed E-state index contributed by atoms with van der Waals surface area (Å²) in [6.07, 6.45) is 3.01. The first-order chi connectivity index (χ1) is 13.3. The molecule has 1 atom stereocenters. The van der Waals surface area contributed by atoms with Crippen molar-refractivity contribution < 1.29 is 4.79 Å². The molecule has 6 heteroatoms. The smallest absolute Gasteiger partial charge is 0.223 e. The average molecular weight is 376 g/mol. The van der Waals surface area contributed by atoms with Crippen molar-refractivity contribution in [3.8, 4) is 0 Å². The van der Waals surface area contributed by atoms with E-state index in [1.165, 1.54) is 11.1 Å². The van der Waals surface area contributed by atoms with E-state index < -0.39 is 0 Å². The van der Waals surface area contributed by atoms with Gasteiger partial charge < -0.3 is 5.32 Å². The third-order valence-corrected chi connectivity index (χ3v) is 5.39. The van der Waals surface area contributed by atoms with Crippen LogP contribution >= 0.6 is 11.8 Å². The Hall–Kier alpha value is -2.86. The minimum atomic E-state index is 0.135. The van der Waals surface area contributed by atoms with E-state index >= 15 is 0 Å². The second kappa shape index (κ2) is 8.22. The fourth-order valence-electron chi connectivity index (χ4n) is 3.18. The van der Waals surface area contributed by atoms with Crippen LogP contribution in [0.3, 0.4) is 0 Å². The Morgan fingerprint density at radius 3 is 2.56 bits per heavy atom. The maximum atomic E-state index is 12.1. The van der Waals surface area contributed by atoms with Crippen LogP contribution in [0.25, 0.3) is 0 Å². The number of nitrogens with zero attached hydrogens (tertiary/aromatic N) is 2. The number of carbonyl (C=O) groups excluding carboxylic acids is 1. The Labute approximate surface area is 162 Å². The zero-order valence-corrected chi connectivity index (χ0v) is 15.6. The number of carbonyl (C=O) groups is 1. The molecule has 1 aliphatic rings. The summed E-state index contributed by atoms with van der Waals surface area (Å²) >= 11 is 1.57. The molecule has 5 nitrogen and oxygen atoms in total. The van der Waals surface area contributed by atoms with E-state index in [1.807, 2.05) is 36.4 Å². The summed E-state index contributed by atoms with van der Waals surface area (Å²) in [5.41, 5.74) is 3.29. The predicted octanol–water partition coefficient (Wildman–Crippen LogP) is 4.54. The van der Waals surface area contributed by atoms with E-state index in [0.29, 0.717) is 17.5 Å². The van der Waals surface area contributed by atoms with E-state index in [2.05, 4.69) is 44.8 Å². The number of allylic oxidation sites excluding steroid dienone is 2. The second-order valence-electron chi connectivity index (χ2n) is 6.52. The summed E-state index contributed by atoms with van der Waals surface area (Å²) in [6.45, 7) is 0. The minimum absolute atomic E-state index is 0.135. The quantitative estimate of drug-likeness (QED) is 0.618. The number of anilines is 1. The maximum absolute atomic E-state index is 12.1. The number of aromatic nitrogens is 3. The molecule has 0 unspecified atom stereocenters. The van der Waals surface area contributed by atoms with Crippen LogP contribution in [0, 0.1) is 0 Å². The van der Waals surface area contributed by atoms with Gasteiger partial charge in [0, 0.05) is 23.9 Å². The van der Waals surface area contributed by atoms with Crippen LogP contribution in [0.5, 0.6) is 0 Å². The van der Waals surface area contributed by atoms with Crippen molar-refractivity contribution in [2.45, 2.75) is 29.7 Å². The van der Waals surface area contributed by atoms with E-state index in [9.17, 15) is 4.79 Å². The van der Waals surface area contributed by atoms with E-state index in [1.54, 1.807) is 17.8 Å². The van der Waals surface area contributed by atoms with Crippen molar-refractivity contribution in [3.05, 3.63) is 83.6 Å². The Morgan fingerprint density at radius 1 is 1.04 bits per heavy atom. The number of thioether (sulfide) groups is 1. The maximum Gasteiger partial charge on any atom is 0.223 e. The zero-order chi connectivity index (χ0) is 18.5. The minimum Gasteiger partial charge on any atom is -0.328 e. The fraction of sp³-hybridized carbons (Fsp3) is 0.190. The molecule has 0 amide bonds. The number of hydrogen-bond donors (Lipinski definition) is 2.